The molecule has 2 fully saturated rings. The van der Waals surface area contributed by atoms with Crippen LogP contribution in [0.1, 0.15) is 85.0 Å². The van der Waals surface area contributed by atoms with Crippen LogP contribution in [0.25, 0.3) is 0 Å². The van der Waals surface area contributed by atoms with Crippen molar-refractivity contribution in [3.8, 4) is 0 Å². The molecule has 0 saturated heterocycles. The molecule has 0 aromatic carbocycles. The van der Waals surface area contributed by atoms with Gasteiger partial charge in [-0.2, -0.15) is 0 Å². The highest BCUT2D eigenvalue weighted by atomic mass is 16.4. The van der Waals surface area contributed by atoms with E-state index in [1.807, 2.05) is 0 Å². The van der Waals surface area contributed by atoms with E-state index >= 15 is 0 Å². The summed E-state index contributed by atoms with van der Waals surface area (Å²) in [6.45, 7) is 4.46. The van der Waals surface area contributed by atoms with Crippen molar-refractivity contribution in [2.45, 2.75) is 116 Å². The molecule has 2 saturated carbocycles. The molecule has 23 heavy (non-hydrogen) atoms. The predicted octanol–water partition coefficient (Wildman–Crippen LogP) is 2.54. The van der Waals surface area contributed by atoms with Gasteiger partial charge in [0.25, 0.3) is 0 Å². The van der Waals surface area contributed by atoms with Crippen LogP contribution in [-0.4, -0.2) is 51.0 Å². The summed E-state index contributed by atoms with van der Waals surface area (Å²) in [5.74, 6) is 0. The molecule has 0 amide bonds. The molecular formula is C18H38N2O3. The van der Waals surface area contributed by atoms with E-state index < -0.39 is 18.7 Å². The van der Waals surface area contributed by atoms with Gasteiger partial charge in [-0.3, -0.25) is 0 Å². The Labute approximate surface area is 142 Å². The molecule has 3 atom stereocenters. The van der Waals surface area contributed by atoms with Gasteiger partial charge in [0.1, 0.15) is 18.7 Å². The summed E-state index contributed by atoms with van der Waals surface area (Å²) in [4.78, 5) is 1.17. The molecule has 4 N–H and O–H groups in total. The highest BCUT2D eigenvalue weighted by molar-refractivity contribution is 4.79. The predicted molar refractivity (Wildman–Crippen MR) is 93.8 cm³/mol. The molecule has 2 aliphatic rings. The van der Waals surface area contributed by atoms with Crippen molar-refractivity contribution in [3.05, 3.63) is 0 Å². The summed E-state index contributed by atoms with van der Waals surface area (Å²) < 4.78 is 0. The molecule has 2 aliphatic carbocycles. The van der Waals surface area contributed by atoms with Gasteiger partial charge in [-0.05, 0) is 46.5 Å². The first kappa shape index (κ1) is 20.8. The zero-order valence-electron chi connectivity index (χ0n) is 15.2. The van der Waals surface area contributed by atoms with Gasteiger partial charge in [0, 0.05) is 12.1 Å². The Kier molecular flexibility index (Phi) is 10.3. The quantitative estimate of drug-likeness (QED) is 0.583. The summed E-state index contributed by atoms with van der Waals surface area (Å²) >= 11 is 0. The van der Waals surface area contributed by atoms with Crippen molar-refractivity contribution in [2.75, 3.05) is 0 Å². The van der Waals surface area contributed by atoms with Crippen molar-refractivity contribution in [1.29, 1.82) is 0 Å². The molecule has 0 heterocycles. The van der Waals surface area contributed by atoms with Gasteiger partial charge < -0.3 is 20.6 Å². The molecule has 0 aliphatic heterocycles. The SMILES string of the molecule is C1CCC(NC2CCCCC2)CC1.CC(O)N(C(C)O)C(C)O. The van der Waals surface area contributed by atoms with E-state index in [9.17, 15) is 0 Å². The minimum Gasteiger partial charge on any atom is -0.379 e. The van der Waals surface area contributed by atoms with Gasteiger partial charge in [0.2, 0.25) is 0 Å². The average molecular weight is 331 g/mol. The van der Waals surface area contributed by atoms with Crippen LogP contribution in [0.5, 0.6) is 0 Å². The van der Waals surface area contributed by atoms with Crippen LogP contribution in [0.3, 0.4) is 0 Å². The highest BCUT2D eigenvalue weighted by Crippen LogP contribution is 2.22. The maximum absolute atomic E-state index is 8.96. The van der Waals surface area contributed by atoms with Gasteiger partial charge in [0.15, 0.2) is 0 Å². The number of aliphatic hydroxyl groups is 3. The summed E-state index contributed by atoms with van der Waals surface area (Å²) in [7, 11) is 0. The van der Waals surface area contributed by atoms with Crippen LogP contribution in [-0.2, 0) is 0 Å². The first-order valence-corrected chi connectivity index (χ1v) is 9.49. The monoisotopic (exact) mass is 330 g/mol. The third kappa shape index (κ3) is 8.45. The Morgan fingerprint density at radius 1 is 0.652 bits per heavy atom. The van der Waals surface area contributed by atoms with Gasteiger partial charge in [0.05, 0.1) is 0 Å². The van der Waals surface area contributed by atoms with Crippen LogP contribution in [0.15, 0.2) is 0 Å². The number of nitrogens with zero attached hydrogens (tertiary/aromatic N) is 1. The van der Waals surface area contributed by atoms with Crippen LogP contribution >= 0.6 is 0 Å². The number of rotatable bonds is 5. The molecule has 2 rings (SSSR count). The number of nitrogens with one attached hydrogen (secondary N) is 1. The van der Waals surface area contributed by atoms with E-state index in [1.54, 1.807) is 0 Å². The molecule has 0 bridgehead atoms. The smallest absolute Gasteiger partial charge is 0.108 e. The lowest BCUT2D eigenvalue weighted by molar-refractivity contribution is -0.159. The Morgan fingerprint density at radius 3 is 1.17 bits per heavy atom. The summed E-state index contributed by atoms with van der Waals surface area (Å²) in [5.41, 5.74) is 0. The Morgan fingerprint density at radius 2 is 0.957 bits per heavy atom. The Bertz CT molecular complexity index is 251. The maximum atomic E-state index is 8.96. The molecule has 5 heteroatoms. The lowest BCUT2D eigenvalue weighted by atomic mass is 9.91. The Hall–Kier alpha value is -0.200. The fourth-order valence-electron chi connectivity index (χ4n) is 3.81. The van der Waals surface area contributed by atoms with Gasteiger partial charge in [-0.25, -0.2) is 4.90 Å². The lowest BCUT2D eigenvalue weighted by Crippen LogP contribution is -2.45. The molecule has 0 spiro atoms. The molecular weight excluding hydrogens is 292 g/mol. The standard InChI is InChI=1S/C12H23N.C6H15NO3/c1-3-7-11(8-4-1)13-12-9-5-2-6-10-12;1-4(8)7(5(2)9)6(3)10/h11-13H,1-10H2;4-6,8-10H,1-3H3. The van der Waals surface area contributed by atoms with E-state index in [-0.39, 0.29) is 0 Å². The zero-order chi connectivity index (χ0) is 17.2. The van der Waals surface area contributed by atoms with E-state index in [0.717, 1.165) is 12.1 Å². The minimum atomic E-state index is -0.833. The maximum Gasteiger partial charge on any atom is 0.108 e. The molecule has 0 radical (unpaired) electrons. The minimum absolute atomic E-state index is 0.833. The van der Waals surface area contributed by atoms with Crippen molar-refractivity contribution in [1.82, 2.24) is 10.2 Å². The highest BCUT2D eigenvalue weighted by Gasteiger charge is 2.20. The topological polar surface area (TPSA) is 76.0 Å². The Balaban J connectivity index is 0.000000241. The first-order valence-electron chi connectivity index (χ1n) is 9.49. The molecule has 3 unspecified atom stereocenters. The van der Waals surface area contributed by atoms with Gasteiger partial charge >= 0.3 is 0 Å². The molecule has 138 valence electrons. The largest absolute Gasteiger partial charge is 0.379 e. The second kappa shape index (κ2) is 11.4. The van der Waals surface area contributed by atoms with Gasteiger partial charge in [-0.15, -0.1) is 0 Å². The van der Waals surface area contributed by atoms with E-state index in [2.05, 4.69) is 5.32 Å². The van der Waals surface area contributed by atoms with Crippen molar-refractivity contribution in [3.63, 3.8) is 0 Å². The van der Waals surface area contributed by atoms with Crippen molar-refractivity contribution in [2.24, 2.45) is 0 Å². The van der Waals surface area contributed by atoms with Crippen LogP contribution < -0.4 is 5.32 Å². The van der Waals surface area contributed by atoms with Crippen LogP contribution in [0.2, 0.25) is 0 Å². The number of hydrogen-bond acceptors (Lipinski definition) is 5. The number of hydrogen-bond donors (Lipinski definition) is 4. The van der Waals surface area contributed by atoms with E-state index in [1.165, 1.54) is 89.9 Å². The molecule has 5 nitrogen and oxygen atoms in total. The second-order valence-electron chi connectivity index (χ2n) is 7.18. The fraction of sp³-hybridized carbons (Fsp3) is 1.00. The second-order valence-corrected chi connectivity index (χ2v) is 7.18. The third-order valence-electron chi connectivity index (χ3n) is 4.98. The normalized spacial score (nSPS) is 24.7. The zero-order valence-corrected chi connectivity index (χ0v) is 15.2. The van der Waals surface area contributed by atoms with E-state index in [0.29, 0.717) is 0 Å². The fourth-order valence-corrected chi connectivity index (χ4v) is 3.81. The van der Waals surface area contributed by atoms with Crippen molar-refractivity contribution >= 4 is 0 Å². The van der Waals surface area contributed by atoms with E-state index in [4.69, 9.17) is 15.3 Å². The summed E-state index contributed by atoms with van der Waals surface area (Å²) in [6.07, 6.45) is 12.1. The summed E-state index contributed by atoms with van der Waals surface area (Å²) in [6, 6.07) is 1.74. The summed E-state index contributed by atoms with van der Waals surface area (Å²) in [5, 5.41) is 30.7. The average Bonchev–Trinajstić information content (AvgIpc) is 2.48. The lowest BCUT2D eigenvalue weighted by Gasteiger charge is -2.30. The molecule has 0 aromatic rings. The first-order chi connectivity index (χ1) is 10.9. The molecule has 0 aromatic heterocycles. The number of aliphatic hydroxyl groups excluding tert-OH is 3. The van der Waals surface area contributed by atoms with Crippen molar-refractivity contribution < 1.29 is 15.3 Å². The van der Waals surface area contributed by atoms with Crippen LogP contribution in [0, 0.1) is 0 Å². The van der Waals surface area contributed by atoms with Gasteiger partial charge in [-0.1, -0.05) is 38.5 Å². The third-order valence-corrected chi connectivity index (χ3v) is 4.98. The van der Waals surface area contributed by atoms with Crippen LogP contribution in [0.4, 0.5) is 0 Å².